The summed E-state index contributed by atoms with van der Waals surface area (Å²) >= 11 is 5.80. The smallest absolute Gasteiger partial charge is 0.340 e. The van der Waals surface area contributed by atoms with Gasteiger partial charge in [-0.2, -0.15) is 5.26 Å². The van der Waals surface area contributed by atoms with Crippen LogP contribution in [0.15, 0.2) is 54.9 Å². The fourth-order valence-electron chi connectivity index (χ4n) is 3.82. The van der Waals surface area contributed by atoms with Crippen molar-refractivity contribution in [1.29, 1.82) is 5.26 Å². The second-order valence-electron chi connectivity index (χ2n) is 9.01. The lowest BCUT2D eigenvalue weighted by molar-refractivity contribution is -0.123. The predicted octanol–water partition coefficient (Wildman–Crippen LogP) is 3.04. The van der Waals surface area contributed by atoms with Crippen molar-refractivity contribution in [2.75, 3.05) is 31.7 Å². The number of hydrogen-bond acceptors (Lipinski definition) is 11. The molecule has 1 saturated heterocycles. The Bertz CT molecular complexity index is 1590. The Morgan fingerprint density at radius 1 is 1.17 bits per heavy atom. The van der Waals surface area contributed by atoms with E-state index in [2.05, 4.69) is 19.4 Å². The normalized spacial score (nSPS) is 12.6. The summed E-state index contributed by atoms with van der Waals surface area (Å²) in [5.74, 6) is -2.12. The molecule has 2 aromatic heterocycles. The fraction of sp³-hybridized carbons (Fsp3) is 0.286. The maximum Gasteiger partial charge on any atom is 0.340 e. The van der Waals surface area contributed by atoms with Crippen molar-refractivity contribution in [3.63, 3.8) is 0 Å². The summed E-state index contributed by atoms with van der Waals surface area (Å²) in [4.78, 5) is 45.0. The highest BCUT2D eigenvalue weighted by Gasteiger charge is 2.36. The van der Waals surface area contributed by atoms with Gasteiger partial charge in [-0.15, -0.1) is 0 Å². The first-order valence-corrected chi connectivity index (χ1v) is 14.6. The number of aryl methyl sites for hydroxylation is 1. The number of nitrogens with one attached hydrogen (secondary N) is 1. The van der Waals surface area contributed by atoms with Crippen molar-refractivity contribution >= 4 is 45.3 Å². The molecule has 0 unspecified atom stereocenters. The molecule has 1 N–H and O–H groups in total. The summed E-state index contributed by atoms with van der Waals surface area (Å²) < 4.78 is 36.2. The number of aromatic nitrogens is 2. The zero-order valence-electron chi connectivity index (χ0n) is 23.0. The molecule has 1 aromatic carbocycles. The molecule has 0 aliphatic carbocycles. The van der Waals surface area contributed by atoms with Gasteiger partial charge in [-0.05, 0) is 49.7 Å². The van der Waals surface area contributed by atoms with Crippen LogP contribution in [0.5, 0.6) is 0 Å². The van der Waals surface area contributed by atoms with Gasteiger partial charge in [0.25, 0.3) is 0 Å². The quantitative estimate of drug-likeness (QED) is 0.371. The van der Waals surface area contributed by atoms with E-state index < -0.39 is 27.8 Å². The van der Waals surface area contributed by atoms with Gasteiger partial charge in [0.2, 0.25) is 15.9 Å². The van der Waals surface area contributed by atoms with E-state index in [4.69, 9.17) is 16.3 Å². The van der Waals surface area contributed by atoms with Crippen LogP contribution in [0.2, 0.25) is 5.02 Å². The number of halogens is 1. The number of ether oxygens (including phenoxy) is 2. The number of esters is 2. The van der Waals surface area contributed by atoms with E-state index >= 15 is 0 Å². The minimum Gasteiger partial charge on any atom is -0.465 e. The van der Waals surface area contributed by atoms with Crippen LogP contribution in [0.25, 0.3) is 0 Å². The number of carbonyl (C=O) groups is 3. The highest BCUT2D eigenvalue weighted by Crippen LogP contribution is 2.28. The van der Waals surface area contributed by atoms with Gasteiger partial charge in [0, 0.05) is 30.5 Å². The van der Waals surface area contributed by atoms with Gasteiger partial charge in [0.1, 0.15) is 11.9 Å². The van der Waals surface area contributed by atoms with Crippen molar-refractivity contribution < 1.29 is 32.3 Å². The van der Waals surface area contributed by atoms with Crippen molar-refractivity contribution in [2.24, 2.45) is 5.92 Å². The van der Waals surface area contributed by atoms with Gasteiger partial charge in [-0.1, -0.05) is 23.7 Å². The summed E-state index contributed by atoms with van der Waals surface area (Å²) in [6.07, 6.45) is 3.07. The van der Waals surface area contributed by atoms with Gasteiger partial charge in [0.15, 0.2) is 0 Å². The molecule has 1 aliphatic heterocycles. The molecule has 1 amide bonds. The molecule has 0 atom stereocenters. The third kappa shape index (κ3) is 8.48. The van der Waals surface area contributed by atoms with Gasteiger partial charge < -0.3 is 14.4 Å². The first-order chi connectivity index (χ1) is 20.0. The molecule has 0 radical (unpaired) electrons. The summed E-state index contributed by atoms with van der Waals surface area (Å²) in [5.41, 5.74) is 1.76. The van der Waals surface area contributed by atoms with E-state index in [1.54, 1.807) is 61.3 Å². The van der Waals surface area contributed by atoms with E-state index in [9.17, 15) is 28.1 Å². The molecule has 42 heavy (non-hydrogen) atoms. The van der Waals surface area contributed by atoms with E-state index in [1.165, 1.54) is 19.4 Å². The first kappa shape index (κ1) is 32.0. The molecular weight excluding hydrogens is 586 g/mol. The highest BCUT2D eigenvalue weighted by molar-refractivity contribution is 7.89. The molecule has 12 nitrogen and oxygen atoms in total. The van der Waals surface area contributed by atoms with E-state index in [0.717, 1.165) is 0 Å². The second-order valence-corrected chi connectivity index (χ2v) is 11.2. The van der Waals surface area contributed by atoms with E-state index in [1.807, 2.05) is 6.07 Å². The number of nitrogens with zero attached hydrogens (tertiary/aromatic N) is 4. The van der Waals surface area contributed by atoms with Crippen LogP contribution in [0.4, 0.5) is 5.82 Å². The lowest BCUT2D eigenvalue weighted by atomic mass is 9.98. The Balaban J connectivity index is 0.000000408. The minimum absolute atomic E-state index is 0.174. The lowest BCUT2D eigenvalue weighted by Gasteiger charge is -2.39. The van der Waals surface area contributed by atoms with Gasteiger partial charge in [-0.25, -0.2) is 23.0 Å². The van der Waals surface area contributed by atoms with Crippen molar-refractivity contribution in [2.45, 2.75) is 19.6 Å². The number of benzene rings is 1. The second kappa shape index (κ2) is 14.4. The molecule has 1 aliphatic rings. The fourth-order valence-corrected chi connectivity index (χ4v) is 5.13. The number of carbonyl (C=O) groups excluding carboxylic acids is 3. The zero-order chi connectivity index (χ0) is 30.9. The number of rotatable bonds is 8. The van der Waals surface area contributed by atoms with Crippen molar-refractivity contribution in [3.8, 4) is 6.07 Å². The number of amides is 1. The minimum atomic E-state index is -3.87. The average Bonchev–Trinajstić information content (AvgIpc) is 2.93. The van der Waals surface area contributed by atoms with Gasteiger partial charge >= 0.3 is 11.9 Å². The van der Waals surface area contributed by atoms with Crippen LogP contribution in [-0.4, -0.2) is 63.0 Å². The molecule has 0 bridgehead atoms. The Morgan fingerprint density at radius 2 is 1.86 bits per heavy atom. The molecule has 3 heterocycles. The Morgan fingerprint density at radius 3 is 2.43 bits per heavy atom. The zero-order valence-corrected chi connectivity index (χ0v) is 24.6. The van der Waals surface area contributed by atoms with E-state index in [-0.39, 0.29) is 42.5 Å². The Hall–Kier alpha value is -4.54. The van der Waals surface area contributed by atoms with Crippen LogP contribution in [0, 0.1) is 24.2 Å². The Labute approximate surface area is 248 Å². The number of sulfonamides is 1. The summed E-state index contributed by atoms with van der Waals surface area (Å²) in [6.45, 7) is 3.90. The SMILES string of the molecule is CCOC(=O)c1cc(C#N)c(N2CC(C(=O)NS(=O)(=O)Cc3ccc(Cl)cc3)C2)nc1C.COC(=O)c1cccnc1. The molecule has 220 valence electrons. The molecular formula is C28H28ClN5O7S. The topological polar surface area (TPSA) is 169 Å². The molecule has 0 saturated carbocycles. The van der Waals surface area contributed by atoms with Crippen LogP contribution < -0.4 is 9.62 Å². The van der Waals surface area contributed by atoms with Crippen LogP contribution >= 0.6 is 11.6 Å². The van der Waals surface area contributed by atoms with Crippen molar-refractivity contribution in [1.82, 2.24) is 14.7 Å². The maximum absolute atomic E-state index is 12.4. The lowest BCUT2D eigenvalue weighted by Crippen LogP contribution is -2.55. The van der Waals surface area contributed by atoms with Crippen LogP contribution in [0.1, 0.15) is 44.5 Å². The van der Waals surface area contributed by atoms with Crippen LogP contribution in [-0.2, 0) is 30.0 Å². The van der Waals surface area contributed by atoms with Crippen molar-refractivity contribution in [3.05, 3.63) is 87.8 Å². The summed E-state index contributed by atoms with van der Waals surface area (Å²) in [5, 5.41) is 9.95. The summed E-state index contributed by atoms with van der Waals surface area (Å²) in [7, 11) is -2.53. The predicted molar refractivity (Wildman–Crippen MR) is 153 cm³/mol. The molecule has 0 spiro atoms. The summed E-state index contributed by atoms with van der Waals surface area (Å²) in [6, 6.07) is 13.1. The maximum atomic E-state index is 12.4. The van der Waals surface area contributed by atoms with Gasteiger partial charge in [0.05, 0.1) is 47.8 Å². The molecule has 3 aromatic rings. The number of nitriles is 1. The molecule has 14 heteroatoms. The monoisotopic (exact) mass is 613 g/mol. The molecule has 1 fully saturated rings. The largest absolute Gasteiger partial charge is 0.465 e. The van der Waals surface area contributed by atoms with Crippen LogP contribution in [0.3, 0.4) is 0 Å². The number of anilines is 1. The average molecular weight is 614 g/mol. The Kier molecular flexibility index (Phi) is 11.0. The highest BCUT2D eigenvalue weighted by atomic mass is 35.5. The number of pyridine rings is 2. The number of hydrogen-bond donors (Lipinski definition) is 1. The standard InChI is InChI=1S/C21H21ClN4O5S.C7H7NO2/c1-3-31-21(28)18-8-15(9-23)19(24-13(18)2)26-10-16(11-26)20(27)25-32(29,30)12-14-4-6-17(22)7-5-14;1-10-7(9)6-3-2-4-8-5-6/h4-8,16H,3,10-12H2,1-2H3,(H,25,27);2-5H,1H3. The van der Waals surface area contributed by atoms with Gasteiger partial charge in [-0.3, -0.25) is 14.5 Å². The third-order valence-electron chi connectivity index (χ3n) is 5.97. The first-order valence-electron chi connectivity index (χ1n) is 12.6. The number of methoxy groups -OCH3 is 1. The van der Waals surface area contributed by atoms with E-state index in [0.29, 0.717) is 27.7 Å². The molecule has 4 rings (SSSR count). The third-order valence-corrected chi connectivity index (χ3v) is 7.45.